The normalized spacial score (nSPS) is 11.1. The fourth-order valence-electron chi connectivity index (χ4n) is 1.78. The van der Waals surface area contributed by atoms with Gasteiger partial charge in [-0.3, -0.25) is 4.79 Å². The number of nitrogens with one attached hydrogen (secondary N) is 1. The maximum atomic E-state index is 12.7. The maximum absolute atomic E-state index is 12.7. The minimum atomic E-state index is -4.49. The second-order valence-corrected chi connectivity index (χ2v) is 5.21. The average molecular weight is 374 g/mol. The van der Waals surface area contributed by atoms with E-state index in [1.807, 2.05) is 24.3 Å². The van der Waals surface area contributed by atoms with Crippen molar-refractivity contribution < 1.29 is 22.7 Å². The quantitative estimate of drug-likeness (QED) is 0.776. The number of halogens is 4. The molecule has 0 radical (unpaired) electrons. The van der Waals surface area contributed by atoms with Crippen LogP contribution in [0.5, 0.6) is 5.75 Å². The monoisotopic (exact) mass is 373 g/mol. The highest BCUT2D eigenvalue weighted by molar-refractivity contribution is 9.10. The Balaban J connectivity index is 2.23. The first-order valence-electron chi connectivity index (χ1n) is 6.19. The summed E-state index contributed by atoms with van der Waals surface area (Å²) < 4.78 is 44.4. The average Bonchev–Trinajstić information content (AvgIpc) is 2.46. The van der Waals surface area contributed by atoms with Gasteiger partial charge in [0.25, 0.3) is 0 Å². The fraction of sp³-hybridized carbons (Fsp3) is 0.133. The predicted octanol–water partition coefficient (Wildman–Crippen LogP) is 4.62. The molecule has 0 heterocycles. The highest BCUT2D eigenvalue weighted by Crippen LogP contribution is 2.35. The molecular weight excluding hydrogens is 363 g/mol. The van der Waals surface area contributed by atoms with Gasteiger partial charge in [0.05, 0.1) is 11.3 Å². The first kappa shape index (κ1) is 16.4. The molecule has 2 aromatic rings. The van der Waals surface area contributed by atoms with Crippen molar-refractivity contribution in [3.63, 3.8) is 0 Å². The van der Waals surface area contributed by atoms with Crippen molar-refractivity contribution in [2.75, 3.05) is 5.32 Å². The molecule has 7 heteroatoms. The van der Waals surface area contributed by atoms with Crippen molar-refractivity contribution >= 4 is 28.0 Å². The molecule has 0 saturated heterocycles. The molecule has 0 aromatic heterocycles. The molecule has 116 valence electrons. The lowest BCUT2D eigenvalue weighted by Gasteiger charge is -2.14. The van der Waals surface area contributed by atoms with E-state index in [0.29, 0.717) is 6.41 Å². The van der Waals surface area contributed by atoms with E-state index in [1.54, 1.807) is 0 Å². The first-order valence-corrected chi connectivity index (χ1v) is 6.99. The number of benzene rings is 2. The van der Waals surface area contributed by atoms with Crippen molar-refractivity contribution in [3.05, 3.63) is 58.1 Å². The summed E-state index contributed by atoms with van der Waals surface area (Å²) in [7, 11) is 0. The summed E-state index contributed by atoms with van der Waals surface area (Å²) in [5.41, 5.74) is -0.0542. The minimum Gasteiger partial charge on any atom is -0.487 e. The largest absolute Gasteiger partial charge is 0.487 e. The van der Waals surface area contributed by atoms with Gasteiger partial charge in [0.2, 0.25) is 6.41 Å². The van der Waals surface area contributed by atoms with Crippen LogP contribution in [-0.4, -0.2) is 6.41 Å². The molecule has 0 aliphatic heterocycles. The van der Waals surface area contributed by atoms with Gasteiger partial charge in [-0.1, -0.05) is 34.1 Å². The Labute approximate surface area is 133 Å². The summed E-state index contributed by atoms with van der Waals surface area (Å²) in [5, 5.41) is 2.22. The third kappa shape index (κ3) is 4.00. The highest BCUT2D eigenvalue weighted by Gasteiger charge is 2.31. The molecule has 0 aliphatic rings. The smallest absolute Gasteiger partial charge is 0.416 e. The van der Waals surface area contributed by atoms with Gasteiger partial charge in [-0.2, -0.15) is 13.2 Å². The van der Waals surface area contributed by atoms with Crippen LogP contribution in [0.1, 0.15) is 11.1 Å². The van der Waals surface area contributed by atoms with Gasteiger partial charge in [-0.05, 0) is 24.3 Å². The number of alkyl halides is 3. The van der Waals surface area contributed by atoms with Crippen LogP contribution >= 0.6 is 15.9 Å². The van der Waals surface area contributed by atoms with Gasteiger partial charge >= 0.3 is 6.18 Å². The lowest BCUT2D eigenvalue weighted by Crippen LogP contribution is -2.07. The van der Waals surface area contributed by atoms with Gasteiger partial charge in [0.15, 0.2) is 0 Å². The van der Waals surface area contributed by atoms with Gasteiger partial charge in [-0.15, -0.1) is 0 Å². The topological polar surface area (TPSA) is 38.3 Å². The van der Waals surface area contributed by atoms with Crippen LogP contribution in [0, 0.1) is 0 Å². The number of carbonyl (C=O) groups excluding carboxylic acids is 1. The molecule has 0 bridgehead atoms. The molecule has 0 saturated carbocycles. The highest BCUT2D eigenvalue weighted by atomic mass is 79.9. The van der Waals surface area contributed by atoms with Crippen molar-refractivity contribution in [2.24, 2.45) is 0 Å². The van der Waals surface area contributed by atoms with Gasteiger partial charge in [-0.25, -0.2) is 0 Å². The van der Waals surface area contributed by atoms with E-state index in [-0.39, 0.29) is 18.0 Å². The van der Waals surface area contributed by atoms with Crippen LogP contribution in [0.25, 0.3) is 0 Å². The van der Waals surface area contributed by atoms with Crippen molar-refractivity contribution in [3.8, 4) is 5.75 Å². The van der Waals surface area contributed by atoms with E-state index < -0.39 is 11.7 Å². The molecule has 0 spiro atoms. The summed E-state index contributed by atoms with van der Waals surface area (Å²) in [6.07, 6.45) is -4.18. The number of hydrogen-bond donors (Lipinski definition) is 1. The van der Waals surface area contributed by atoms with E-state index in [1.165, 1.54) is 6.07 Å². The molecule has 2 aromatic carbocycles. The van der Waals surface area contributed by atoms with E-state index >= 15 is 0 Å². The van der Waals surface area contributed by atoms with Crippen LogP contribution in [0.2, 0.25) is 0 Å². The predicted molar refractivity (Wildman–Crippen MR) is 79.6 cm³/mol. The molecular formula is C15H11BrF3NO2. The zero-order valence-electron chi connectivity index (χ0n) is 11.2. The molecule has 2 rings (SSSR count). The second-order valence-electron chi connectivity index (χ2n) is 4.35. The summed E-state index contributed by atoms with van der Waals surface area (Å²) in [4.78, 5) is 10.6. The van der Waals surface area contributed by atoms with E-state index in [9.17, 15) is 18.0 Å². The van der Waals surface area contributed by atoms with Crippen molar-refractivity contribution in [1.82, 2.24) is 0 Å². The van der Waals surface area contributed by atoms with Crippen LogP contribution < -0.4 is 10.1 Å². The first-order chi connectivity index (χ1) is 10.4. The van der Waals surface area contributed by atoms with E-state index in [4.69, 9.17) is 4.74 Å². The maximum Gasteiger partial charge on any atom is 0.416 e. The molecule has 1 amide bonds. The summed E-state index contributed by atoms with van der Waals surface area (Å²) in [5.74, 6) is 0.163. The Morgan fingerprint density at radius 1 is 1.18 bits per heavy atom. The summed E-state index contributed by atoms with van der Waals surface area (Å²) in [6, 6.07) is 10.2. The molecule has 0 aliphatic carbocycles. The molecule has 0 atom stereocenters. The lowest BCUT2D eigenvalue weighted by molar-refractivity contribution is -0.137. The fourth-order valence-corrected chi connectivity index (χ4v) is 2.18. The van der Waals surface area contributed by atoms with Crippen molar-refractivity contribution in [2.45, 2.75) is 12.8 Å². The van der Waals surface area contributed by atoms with Crippen LogP contribution in [0.3, 0.4) is 0 Å². The molecule has 3 nitrogen and oxygen atoms in total. The van der Waals surface area contributed by atoms with Crippen LogP contribution in [0.4, 0.5) is 18.9 Å². The number of hydrogen-bond acceptors (Lipinski definition) is 2. The van der Waals surface area contributed by atoms with Gasteiger partial charge in [0, 0.05) is 10.0 Å². The van der Waals surface area contributed by atoms with Crippen molar-refractivity contribution in [1.29, 1.82) is 0 Å². The molecule has 0 unspecified atom stereocenters. The van der Waals surface area contributed by atoms with Crippen LogP contribution in [-0.2, 0) is 17.6 Å². The number of rotatable bonds is 5. The minimum absolute atomic E-state index is 0.0307. The standard InChI is InChI=1S/C15H11BrF3NO2/c16-12-4-2-1-3-10(12)8-22-14-6-5-11(15(17,18)19)7-13(14)20-9-21/h1-7,9H,8H2,(H,20,21). The Bertz CT molecular complexity index is 674. The Morgan fingerprint density at radius 2 is 1.91 bits per heavy atom. The third-order valence-corrected chi connectivity index (χ3v) is 3.64. The van der Waals surface area contributed by atoms with Gasteiger partial charge in [0.1, 0.15) is 12.4 Å². The number of amides is 1. The third-order valence-electron chi connectivity index (χ3n) is 2.86. The molecule has 1 N–H and O–H groups in total. The summed E-state index contributed by atoms with van der Waals surface area (Å²) in [6.45, 7) is 0.153. The van der Waals surface area contributed by atoms with Gasteiger partial charge < -0.3 is 10.1 Å². The Morgan fingerprint density at radius 3 is 2.55 bits per heavy atom. The zero-order valence-corrected chi connectivity index (χ0v) is 12.7. The number of carbonyl (C=O) groups is 1. The lowest BCUT2D eigenvalue weighted by atomic mass is 10.1. The van der Waals surface area contributed by atoms with Crippen LogP contribution in [0.15, 0.2) is 46.9 Å². The Hall–Kier alpha value is -2.02. The van der Waals surface area contributed by atoms with E-state index in [0.717, 1.165) is 22.2 Å². The van der Waals surface area contributed by atoms with E-state index in [2.05, 4.69) is 21.2 Å². The summed E-state index contributed by atoms with van der Waals surface area (Å²) >= 11 is 3.36. The SMILES string of the molecule is O=CNc1cc(C(F)(F)F)ccc1OCc1ccccc1Br. The molecule has 0 fully saturated rings. The molecule has 22 heavy (non-hydrogen) atoms. The number of ether oxygens (including phenoxy) is 1. The zero-order chi connectivity index (χ0) is 16.2. The Kier molecular flexibility index (Phi) is 5.07. The number of anilines is 1. The second kappa shape index (κ2) is 6.83.